The molecule has 0 amide bonds. The van der Waals surface area contributed by atoms with Crippen LogP contribution in [0.2, 0.25) is 0 Å². The minimum atomic E-state index is -6.01. The van der Waals surface area contributed by atoms with Gasteiger partial charge in [-0.05, 0) is 6.92 Å². The van der Waals surface area contributed by atoms with Gasteiger partial charge in [-0.25, -0.2) is 0 Å². The maximum atomic E-state index is 12.4. The molecule has 10 heteroatoms. The van der Waals surface area contributed by atoms with Crippen LogP contribution in [0, 0.1) is 6.92 Å². The second-order valence-corrected chi connectivity index (χ2v) is 3.17. The number of hydrogen-bond acceptors (Lipinski definition) is 4. The third-order valence-electron chi connectivity index (χ3n) is 1.96. The molecule has 17 heavy (non-hydrogen) atoms. The highest BCUT2D eigenvalue weighted by atomic mass is 19.4. The minimum Gasteiger partial charge on any atom is -0.425 e. The molecule has 0 aliphatic heterocycles. The number of aromatic nitrogens is 1. The summed E-state index contributed by atoms with van der Waals surface area (Å²) in [5, 5.41) is 8.91. The maximum absolute atomic E-state index is 12.4. The van der Waals surface area contributed by atoms with E-state index in [1.807, 2.05) is 0 Å². The summed E-state index contributed by atoms with van der Waals surface area (Å²) in [5.41, 5.74) is -1.08. The maximum Gasteiger partial charge on any atom is 0.433 e. The predicted molar refractivity (Wildman–Crippen MR) is 41.7 cm³/mol. The molecule has 3 N–H and O–H groups in total. The predicted octanol–water partition coefficient (Wildman–Crippen LogP) is 1.88. The topological polar surface area (TPSA) is 72.3 Å². The quantitative estimate of drug-likeness (QED) is 0.759. The second-order valence-electron chi connectivity index (χ2n) is 3.17. The molecule has 0 fully saturated rings. The number of oxazole rings is 1. The van der Waals surface area contributed by atoms with E-state index in [4.69, 9.17) is 10.8 Å². The van der Waals surface area contributed by atoms with E-state index in [0.717, 1.165) is 6.92 Å². The molecule has 0 atom stereocenters. The Bertz CT molecular complexity index is 407. The van der Waals surface area contributed by atoms with Gasteiger partial charge in [0.15, 0.2) is 5.76 Å². The third kappa shape index (κ3) is 1.92. The normalized spacial score (nSPS) is 14.1. The second kappa shape index (κ2) is 3.52. The smallest absolute Gasteiger partial charge is 0.425 e. The van der Waals surface area contributed by atoms with E-state index in [0.29, 0.717) is 0 Å². The first-order chi connectivity index (χ1) is 7.41. The van der Waals surface area contributed by atoms with Gasteiger partial charge in [0.2, 0.25) is 0 Å². The number of nitrogens with zero attached hydrogens (tertiary/aromatic N) is 1. The Balaban J connectivity index is 3.52. The first-order valence-electron chi connectivity index (χ1n) is 4.00. The third-order valence-corrected chi connectivity index (χ3v) is 1.96. The fraction of sp³-hybridized carbons (Fsp3) is 0.571. The van der Waals surface area contributed by atoms with Gasteiger partial charge in [0.25, 0.3) is 6.01 Å². The van der Waals surface area contributed by atoms with Crippen LogP contribution in [0.15, 0.2) is 4.42 Å². The van der Waals surface area contributed by atoms with Crippen LogP contribution >= 0.6 is 0 Å². The number of rotatable bonds is 1. The van der Waals surface area contributed by atoms with Crippen molar-refractivity contribution in [2.45, 2.75) is 24.9 Å². The monoisotopic (exact) mass is 264 g/mol. The number of hydrogen-bond donors (Lipinski definition) is 2. The lowest BCUT2D eigenvalue weighted by molar-refractivity contribution is -0.381. The van der Waals surface area contributed by atoms with Gasteiger partial charge in [-0.3, -0.25) is 0 Å². The molecule has 0 aliphatic carbocycles. The van der Waals surface area contributed by atoms with Crippen LogP contribution in [0.3, 0.4) is 0 Å². The number of nitrogens with two attached hydrogens (primary N) is 1. The van der Waals surface area contributed by atoms with Crippen molar-refractivity contribution in [3.05, 3.63) is 11.5 Å². The van der Waals surface area contributed by atoms with Gasteiger partial charge >= 0.3 is 18.0 Å². The minimum absolute atomic E-state index is 0.792. The summed E-state index contributed by atoms with van der Waals surface area (Å²) < 4.78 is 78.3. The van der Waals surface area contributed by atoms with Gasteiger partial charge in [-0.15, -0.1) is 0 Å². The highest BCUT2D eigenvalue weighted by molar-refractivity contribution is 5.26. The lowest BCUT2D eigenvalue weighted by Gasteiger charge is -2.30. The van der Waals surface area contributed by atoms with Crippen molar-refractivity contribution < 1.29 is 35.9 Å². The first-order valence-corrected chi connectivity index (χ1v) is 4.00. The zero-order chi connectivity index (χ0) is 13.6. The van der Waals surface area contributed by atoms with Gasteiger partial charge in [-0.2, -0.15) is 31.3 Å². The van der Waals surface area contributed by atoms with Crippen molar-refractivity contribution >= 4 is 6.01 Å². The zero-order valence-electron chi connectivity index (χ0n) is 8.15. The van der Waals surface area contributed by atoms with Crippen molar-refractivity contribution in [1.82, 2.24) is 4.98 Å². The van der Waals surface area contributed by atoms with Crippen molar-refractivity contribution in [3.8, 4) is 0 Å². The lowest BCUT2D eigenvalue weighted by Crippen LogP contribution is -2.54. The molecule has 0 spiro atoms. The molecule has 0 aromatic carbocycles. The number of aryl methyl sites for hydroxylation is 1. The molecule has 98 valence electrons. The number of halogens is 6. The molecule has 0 unspecified atom stereocenters. The fourth-order valence-corrected chi connectivity index (χ4v) is 1.17. The van der Waals surface area contributed by atoms with Gasteiger partial charge in [-0.1, -0.05) is 0 Å². The van der Waals surface area contributed by atoms with E-state index >= 15 is 0 Å². The number of nitrogen functional groups attached to an aromatic ring is 1. The van der Waals surface area contributed by atoms with Gasteiger partial charge in [0.1, 0.15) is 0 Å². The van der Waals surface area contributed by atoms with Crippen LogP contribution in [0.1, 0.15) is 11.5 Å². The van der Waals surface area contributed by atoms with Crippen LogP contribution in [-0.2, 0) is 5.60 Å². The molecule has 4 nitrogen and oxygen atoms in total. The van der Waals surface area contributed by atoms with Crippen molar-refractivity contribution in [2.24, 2.45) is 0 Å². The number of anilines is 1. The lowest BCUT2D eigenvalue weighted by atomic mass is 9.98. The highest BCUT2D eigenvalue weighted by Crippen LogP contribution is 2.51. The van der Waals surface area contributed by atoms with Crippen molar-refractivity contribution in [1.29, 1.82) is 0 Å². The molecule has 1 aromatic rings. The summed E-state index contributed by atoms with van der Waals surface area (Å²) in [6.07, 6.45) is -12.0. The molecule has 0 aliphatic rings. The Morgan fingerprint density at radius 3 is 1.76 bits per heavy atom. The van der Waals surface area contributed by atoms with E-state index in [-0.39, 0.29) is 0 Å². The van der Waals surface area contributed by atoms with Crippen LogP contribution in [-0.4, -0.2) is 22.4 Å². The standard InChI is InChI=1S/C7H6F6N2O2/c1-2-3(17-4(14)15-2)5(16,6(8,9)10)7(11,12)13/h16H,1H3,(H2,14,15). The van der Waals surface area contributed by atoms with Crippen LogP contribution in [0.4, 0.5) is 32.4 Å². The van der Waals surface area contributed by atoms with E-state index in [9.17, 15) is 26.3 Å². The Kier molecular flexibility index (Phi) is 2.82. The Morgan fingerprint density at radius 2 is 1.53 bits per heavy atom. The Hall–Kier alpha value is -1.45. The highest BCUT2D eigenvalue weighted by Gasteiger charge is 2.74. The average Bonchev–Trinajstić information content (AvgIpc) is 2.40. The fourth-order valence-electron chi connectivity index (χ4n) is 1.17. The summed E-state index contributed by atoms with van der Waals surface area (Å²) in [6, 6.07) is -0.899. The number of alkyl halides is 6. The summed E-state index contributed by atoms with van der Waals surface area (Å²) in [7, 11) is 0. The summed E-state index contributed by atoms with van der Waals surface area (Å²) >= 11 is 0. The molecule has 0 saturated heterocycles. The molecular weight excluding hydrogens is 258 g/mol. The van der Waals surface area contributed by atoms with E-state index in [1.54, 1.807) is 0 Å². The summed E-state index contributed by atoms with van der Waals surface area (Å²) in [4.78, 5) is 3.06. The van der Waals surface area contributed by atoms with Crippen molar-refractivity contribution in [3.63, 3.8) is 0 Å². The molecule has 1 heterocycles. The van der Waals surface area contributed by atoms with E-state index < -0.39 is 35.4 Å². The molecular formula is C7H6F6N2O2. The van der Waals surface area contributed by atoms with Crippen LogP contribution in [0.25, 0.3) is 0 Å². The average molecular weight is 264 g/mol. The summed E-state index contributed by atoms with van der Waals surface area (Å²) in [6.45, 7) is 0.803. The van der Waals surface area contributed by atoms with Crippen molar-refractivity contribution in [2.75, 3.05) is 5.73 Å². The van der Waals surface area contributed by atoms with Crippen LogP contribution in [0.5, 0.6) is 0 Å². The Morgan fingerprint density at radius 1 is 1.12 bits per heavy atom. The number of aliphatic hydroxyl groups is 1. The van der Waals surface area contributed by atoms with Gasteiger partial charge in [0, 0.05) is 0 Å². The van der Waals surface area contributed by atoms with E-state index in [2.05, 4.69) is 9.40 Å². The largest absolute Gasteiger partial charge is 0.433 e. The SMILES string of the molecule is Cc1nc(N)oc1C(O)(C(F)(F)F)C(F)(F)F. The molecule has 0 radical (unpaired) electrons. The molecule has 1 rings (SSSR count). The molecule has 0 saturated carbocycles. The summed E-state index contributed by atoms with van der Waals surface area (Å²) in [5.74, 6) is -1.78. The molecule has 0 bridgehead atoms. The van der Waals surface area contributed by atoms with Crippen LogP contribution < -0.4 is 5.73 Å². The first kappa shape index (κ1) is 13.6. The van der Waals surface area contributed by atoms with Gasteiger partial charge in [0.05, 0.1) is 5.69 Å². The van der Waals surface area contributed by atoms with Gasteiger partial charge < -0.3 is 15.3 Å². The zero-order valence-corrected chi connectivity index (χ0v) is 8.15. The van der Waals surface area contributed by atoms with E-state index in [1.165, 1.54) is 0 Å². The molecule has 1 aromatic heterocycles. The Labute approximate surface area is 90.0 Å².